The Morgan fingerprint density at radius 3 is 2.81 bits per heavy atom. The largest absolute Gasteiger partial charge is 0.370 e. The van der Waals surface area contributed by atoms with Gasteiger partial charge >= 0.3 is 0 Å². The molecule has 1 N–H and O–H groups in total. The van der Waals surface area contributed by atoms with Crippen molar-refractivity contribution >= 4 is 28.8 Å². The van der Waals surface area contributed by atoms with E-state index in [1.807, 2.05) is 11.8 Å². The van der Waals surface area contributed by atoms with Gasteiger partial charge in [0.15, 0.2) is 0 Å². The van der Waals surface area contributed by atoms with E-state index in [0.717, 1.165) is 6.54 Å². The van der Waals surface area contributed by atoms with Gasteiger partial charge in [0, 0.05) is 34.6 Å². The van der Waals surface area contributed by atoms with Crippen molar-refractivity contribution in [2.75, 3.05) is 18.9 Å². The van der Waals surface area contributed by atoms with Gasteiger partial charge in [0.2, 0.25) is 0 Å². The smallest absolute Gasteiger partial charge is 0.0620 e. The van der Waals surface area contributed by atoms with Gasteiger partial charge in [-0.05, 0) is 24.3 Å². The molecule has 2 aromatic carbocycles. The fraction of sp³-hybridized carbons (Fsp3) is 0.111. The van der Waals surface area contributed by atoms with Gasteiger partial charge in [0.1, 0.15) is 0 Å². The number of allylic oxidation sites excluding steroid dienone is 2. The van der Waals surface area contributed by atoms with Crippen LogP contribution < -0.4 is 5.32 Å². The number of rotatable bonds is 1. The molecule has 0 radical (unpaired) electrons. The molecule has 0 saturated heterocycles. The van der Waals surface area contributed by atoms with Gasteiger partial charge in [0.05, 0.1) is 11.4 Å². The van der Waals surface area contributed by atoms with Crippen molar-refractivity contribution in [2.45, 2.75) is 9.79 Å². The molecule has 0 fully saturated rings. The molecule has 0 atom stereocenters. The predicted octanol–water partition coefficient (Wildman–Crippen LogP) is 4.74. The van der Waals surface area contributed by atoms with Crippen LogP contribution >= 0.6 is 11.8 Å². The van der Waals surface area contributed by atoms with Crippen LogP contribution in [0.25, 0.3) is 5.70 Å². The van der Waals surface area contributed by atoms with E-state index in [4.69, 9.17) is 0 Å². The van der Waals surface area contributed by atoms with Crippen molar-refractivity contribution in [3.05, 3.63) is 66.3 Å². The van der Waals surface area contributed by atoms with Crippen molar-refractivity contribution in [3.63, 3.8) is 0 Å². The molecular formula is C18H16N2S. The number of para-hydroxylation sites is 2. The predicted molar refractivity (Wildman–Crippen MR) is 90.0 cm³/mol. The minimum Gasteiger partial charge on any atom is -0.370 e. The van der Waals surface area contributed by atoms with Gasteiger partial charge in [-0.25, -0.2) is 0 Å². The van der Waals surface area contributed by atoms with Gasteiger partial charge in [-0.3, -0.25) is 0 Å². The Balaban J connectivity index is 1.83. The lowest BCUT2D eigenvalue weighted by Gasteiger charge is -2.29. The molecule has 0 spiro atoms. The Hall–Kier alpha value is -2.13. The number of nitrogens with one attached hydrogen (secondary N) is 1. The first-order valence-electron chi connectivity index (χ1n) is 7.08. The summed E-state index contributed by atoms with van der Waals surface area (Å²) in [5.74, 6) is 0. The van der Waals surface area contributed by atoms with Crippen LogP contribution in [-0.2, 0) is 0 Å². The van der Waals surface area contributed by atoms with Gasteiger partial charge in [-0.2, -0.15) is 0 Å². The molecule has 2 aliphatic heterocycles. The molecule has 0 saturated carbocycles. The van der Waals surface area contributed by atoms with E-state index >= 15 is 0 Å². The molecule has 0 bridgehead atoms. The zero-order valence-corrected chi connectivity index (χ0v) is 12.7. The van der Waals surface area contributed by atoms with Crippen LogP contribution in [0.2, 0.25) is 0 Å². The Labute approximate surface area is 129 Å². The van der Waals surface area contributed by atoms with Crippen LogP contribution in [0, 0.1) is 0 Å². The molecule has 3 heteroatoms. The van der Waals surface area contributed by atoms with Gasteiger partial charge < -0.3 is 10.2 Å². The summed E-state index contributed by atoms with van der Waals surface area (Å²) in [6.07, 6.45) is 6.50. The second-order valence-electron chi connectivity index (χ2n) is 5.26. The molecule has 0 amide bonds. The molecule has 0 aliphatic carbocycles. The molecule has 0 aromatic heterocycles. The zero-order valence-electron chi connectivity index (χ0n) is 11.8. The summed E-state index contributed by atoms with van der Waals surface area (Å²) < 4.78 is 0. The number of likely N-dealkylation sites (N-methyl/N-ethyl adjacent to an activating group) is 1. The highest BCUT2D eigenvalue weighted by Crippen LogP contribution is 2.46. The summed E-state index contributed by atoms with van der Waals surface area (Å²) in [6.45, 7) is 0.958. The van der Waals surface area contributed by atoms with Crippen LogP contribution in [0.5, 0.6) is 0 Å². The lowest BCUT2D eigenvalue weighted by molar-refractivity contribution is 0.531. The van der Waals surface area contributed by atoms with Gasteiger partial charge in [0.25, 0.3) is 0 Å². The van der Waals surface area contributed by atoms with Crippen molar-refractivity contribution in [1.29, 1.82) is 0 Å². The quantitative estimate of drug-likeness (QED) is 0.697. The zero-order chi connectivity index (χ0) is 14.2. The van der Waals surface area contributed by atoms with Crippen LogP contribution in [0.1, 0.15) is 5.56 Å². The fourth-order valence-corrected chi connectivity index (χ4v) is 3.79. The van der Waals surface area contributed by atoms with Crippen molar-refractivity contribution in [2.24, 2.45) is 0 Å². The topological polar surface area (TPSA) is 15.3 Å². The third-order valence-electron chi connectivity index (χ3n) is 3.85. The Bertz CT molecular complexity index is 762. The second-order valence-corrected chi connectivity index (χ2v) is 6.35. The molecule has 0 unspecified atom stereocenters. The first-order chi connectivity index (χ1) is 10.3. The number of benzene rings is 2. The molecule has 21 heavy (non-hydrogen) atoms. The average molecular weight is 292 g/mol. The summed E-state index contributed by atoms with van der Waals surface area (Å²) in [6, 6.07) is 15.0. The Morgan fingerprint density at radius 1 is 1.05 bits per heavy atom. The number of anilines is 2. The SMILES string of the molecule is CN1CC=CC=C1c1cccc2c1Nc1ccccc1S2. The number of hydrogen-bond acceptors (Lipinski definition) is 3. The average Bonchev–Trinajstić information content (AvgIpc) is 2.53. The first kappa shape index (κ1) is 12.6. The minimum absolute atomic E-state index is 0.958. The van der Waals surface area contributed by atoms with Crippen molar-refractivity contribution in [1.82, 2.24) is 4.90 Å². The summed E-state index contributed by atoms with van der Waals surface area (Å²) in [7, 11) is 2.14. The molecule has 2 nitrogen and oxygen atoms in total. The summed E-state index contributed by atoms with van der Waals surface area (Å²) in [5.41, 5.74) is 4.94. The molecular weight excluding hydrogens is 276 g/mol. The van der Waals surface area contributed by atoms with Crippen LogP contribution in [-0.4, -0.2) is 18.5 Å². The van der Waals surface area contributed by atoms with E-state index in [9.17, 15) is 0 Å². The van der Waals surface area contributed by atoms with E-state index in [2.05, 4.69) is 78.0 Å². The van der Waals surface area contributed by atoms with Crippen molar-refractivity contribution in [3.8, 4) is 0 Å². The maximum atomic E-state index is 3.61. The second kappa shape index (κ2) is 5.01. The number of hydrogen-bond donors (Lipinski definition) is 1. The lowest BCUT2D eigenvalue weighted by atomic mass is 10.1. The highest BCUT2D eigenvalue weighted by atomic mass is 32.2. The minimum atomic E-state index is 0.958. The van der Waals surface area contributed by atoms with E-state index in [0.29, 0.717) is 0 Å². The number of nitrogens with zero attached hydrogens (tertiary/aromatic N) is 1. The molecule has 2 aliphatic rings. The molecule has 4 rings (SSSR count). The summed E-state index contributed by atoms with van der Waals surface area (Å²) >= 11 is 1.84. The van der Waals surface area contributed by atoms with E-state index < -0.39 is 0 Å². The molecule has 2 aromatic rings. The Morgan fingerprint density at radius 2 is 1.90 bits per heavy atom. The standard InChI is InChI=1S/C18H16N2S/c1-20-12-5-4-9-15(20)13-7-6-11-17-18(13)19-14-8-2-3-10-16(14)21-17/h2-11,19H,12H2,1H3. The third kappa shape index (κ3) is 2.14. The lowest BCUT2D eigenvalue weighted by Crippen LogP contribution is -2.19. The van der Waals surface area contributed by atoms with Crippen LogP contribution in [0.15, 0.2) is 70.5 Å². The molecule has 104 valence electrons. The first-order valence-corrected chi connectivity index (χ1v) is 7.90. The van der Waals surface area contributed by atoms with Crippen molar-refractivity contribution < 1.29 is 0 Å². The van der Waals surface area contributed by atoms with Gasteiger partial charge in [-0.15, -0.1) is 0 Å². The van der Waals surface area contributed by atoms with E-state index in [-0.39, 0.29) is 0 Å². The normalized spacial score (nSPS) is 15.9. The fourth-order valence-electron chi connectivity index (χ4n) is 2.77. The monoisotopic (exact) mass is 292 g/mol. The van der Waals surface area contributed by atoms with E-state index in [1.165, 1.54) is 32.4 Å². The summed E-state index contributed by atoms with van der Waals surface area (Å²) in [5, 5.41) is 3.61. The van der Waals surface area contributed by atoms with Crippen LogP contribution in [0.3, 0.4) is 0 Å². The number of fused-ring (bicyclic) bond motifs is 2. The maximum absolute atomic E-state index is 3.61. The van der Waals surface area contributed by atoms with E-state index in [1.54, 1.807) is 0 Å². The third-order valence-corrected chi connectivity index (χ3v) is 4.99. The summed E-state index contributed by atoms with van der Waals surface area (Å²) in [4.78, 5) is 4.85. The maximum Gasteiger partial charge on any atom is 0.0620 e. The Kier molecular flexibility index (Phi) is 3.00. The molecule has 2 heterocycles. The van der Waals surface area contributed by atoms with Crippen LogP contribution in [0.4, 0.5) is 11.4 Å². The highest BCUT2D eigenvalue weighted by Gasteiger charge is 2.21. The highest BCUT2D eigenvalue weighted by molar-refractivity contribution is 7.99. The van der Waals surface area contributed by atoms with Gasteiger partial charge in [-0.1, -0.05) is 48.2 Å².